The summed E-state index contributed by atoms with van der Waals surface area (Å²) in [4.78, 5) is 30.2. The zero-order valence-electron chi connectivity index (χ0n) is 16.3. The largest absolute Gasteiger partial charge is 0.462 e. The number of imidazole rings is 1. The van der Waals surface area contributed by atoms with Gasteiger partial charge in [-0.15, -0.1) is 11.3 Å². The van der Waals surface area contributed by atoms with Gasteiger partial charge in [0.2, 0.25) is 0 Å². The summed E-state index contributed by atoms with van der Waals surface area (Å²) in [6.07, 6.45) is 1.78. The number of rotatable bonds is 5. The first-order chi connectivity index (χ1) is 14.5. The second-order valence-corrected chi connectivity index (χ2v) is 7.83. The fourth-order valence-electron chi connectivity index (χ4n) is 3.25. The number of hydrogen-bond acceptors (Lipinski definition) is 5. The molecule has 0 radical (unpaired) electrons. The molecule has 6 nitrogen and oxygen atoms in total. The van der Waals surface area contributed by atoms with E-state index in [-0.39, 0.29) is 12.5 Å². The van der Waals surface area contributed by atoms with Gasteiger partial charge in [-0.05, 0) is 43.7 Å². The smallest absolute Gasteiger partial charge is 0.341 e. The molecule has 0 unspecified atom stereocenters. The molecule has 30 heavy (non-hydrogen) atoms. The van der Waals surface area contributed by atoms with E-state index in [0.29, 0.717) is 38.2 Å². The van der Waals surface area contributed by atoms with E-state index in [2.05, 4.69) is 10.3 Å². The summed E-state index contributed by atoms with van der Waals surface area (Å²) in [7, 11) is 0. The molecule has 3 heterocycles. The number of ether oxygens (including phenoxy) is 1. The molecule has 0 atom stereocenters. The summed E-state index contributed by atoms with van der Waals surface area (Å²) >= 11 is 7.26. The Kier molecular flexibility index (Phi) is 5.57. The normalized spacial score (nSPS) is 10.9. The predicted molar refractivity (Wildman–Crippen MR) is 119 cm³/mol. The summed E-state index contributed by atoms with van der Waals surface area (Å²) in [6, 6.07) is 12.7. The fraction of sp³-hybridized carbons (Fsp3) is 0.136. The lowest BCUT2D eigenvalue weighted by Crippen LogP contribution is -2.17. The van der Waals surface area contributed by atoms with E-state index in [1.807, 2.05) is 35.7 Å². The fourth-order valence-corrected chi connectivity index (χ4v) is 4.33. The highest BCUT2D eigenvalue weighted by Gasteiger charge is 2.25. The zero-order valence-corrected chi connectivity index (χ0v) is 17.9. The van der Waals surface area contributed by atoms with Crippen molar-refractivity contribution in [2.24, 2.45) is 0 Å². The number of anilines is 1. The van der Waals surface area contributed by atoms with Gasteiger partial charge < -0.3 is 10.1 Å². The van der Waals surface area contributed by atoms with Gasteiger partial charge in [0.25, 0.3) is 5.91 Å². The number of esters is 1. The standard InChI is InChI=1S/C22H18ClN3O3S/c1-3-29-22(28)18-16(14-7-9-15(23)10-8-14)12-30-21(18)25-20(27)19-13(2)24-17-6-4-5-11-26(17)19/h4-12H,3H2,1-2H3,(H,25,27). The van der Waals surface area contributed by atoms with Crippen molar-refractivity contribution < 1.29 is 14.3 Å². The van der Waals surface area contributed by atoms with Gasteiger partial charge >= 0.3 is 5.97 Å². The minimum Gasteiger partial charge on any atom is -0.462 e. The highest BCUT2D eigenvalue weighted by molar-refractivity contribution is 7.15. The van der Waals surface area contributed by atoms with Crippen molar-refractivity contribution >= 4 is 45.5 Å². The first-order valence-electron chi connectivity index (χ1n) is 9.29. The first-order valence-corrected chi connectivity index (χ1v) is 10.5. The number of nitrogens with one attached hydrogen (secondary N) is 1. The van der Waals surface area contributed by atoms with Crippen molar-refractivity contribution in [3.8, 4) is 11.1 Å². The molecule has 0 spiro atoms. The molecule has 3 aromatic heterocycles. The second-order valence-electron chi connectivity index (χ2n) is 6.51. The van der Waals surface area contributed by atoms with E-state index in [1.54, 1.807) is 36.6 Å². The number of aromatic nitrogens is 2. The molecule has 1 aromatic carbocycles. The molecular weight excluding hydrogens is 422 g/mol. The Hall–Kier alpha value is -3.16. The number of carbonyl (C=O) groups excluding carboxylic acids is 2. The number of benzene rings is 1. The summed E-state index contributed by atoms with van der Waals surface area (Å²) in [5, 5.41) is 5.73. The zero-order chi connectivity index (χ0) is 21.3. The van der Waals surface area contributed by atoms with Crippen molar-refractivity contribution in [2.75, 3.05) is 11.9 Å². The van der Waals surface area contributed by atoms with Crippen molar-refractivity contribution in [1.82, 2.24) is 9.38 Å². The number of fused-ring (bicyclic) bond motifs is 1. The van der Waals surface area contributed by atoms with Gasteiger partial charge in [-0.3, -0.25) is 9.20 Å². The molecule has 0 aliphatic heterocycles. The van der Waals surface area contributed by atoms with Crippen molar-refractivity contribution in [1.29, 1.82) is 0 Å². The Balaban J connectivity index is 1.75. The van der Waals surface area contributed by atoms with Gasteiger partial charge in [0.1, 0.15) is 21.9 Å². The van der Waals surface area contributed by atoms with E-state index in [4.69, 9.17) is 16.3 Å². The Morgan fingerprint density at radius 3 is 2.70 bits per heavy atom. The number of thiophene rings is 1. The van der Waals surface area contributed by atoms with Crippen LogP contribution in [-0.2, 0) is 4.74 Å². The molecule has 0 aliphatic carbocycles. The van der Waals surface area contributed by atoms with Gasteiger partial charge in [-0.1, -0.05) is 29.8 Å². The third-order valence-corrected chi connectivity index (χ3v) is 5.72. The Labute approximate surface area is 182 Å². The van der Waals surface area contributed by atoms with Crippen LogP contribution in [0.2, 0.25) is 5.02 Å². The molecule has 4 rings (SSSR count). The SMILES string of the molecule is CCOC(=O)c1c(-c2ccc(Cl)cc2)csc1NC(=O)c1c(C)nc2ccccn12. The lowest BCUT2D eigenvalue weighted by Gasteiger charge is -2.09. The number of nitrogens with zero attached hydrogens (tertiary/aromatic N) is 2. The average molecular weight is 440 g/mol. The number of amides is 1. The number of pyridine rings is 1. The molecule has 0 saturated heterocycles. The molecule has 152 valence electrons. The van der Waals surface area contributed by atoms with E-state index >= 15 is 0 Å². The summed E-state index contributed by atoms with van der Waals surface area (Å²) in [5.41, 5.74) is 3.51. The second kappa shape index (κ2) is 8.30. The van der Waals surface area contributed by atoms with Gasteiger partial charge in [0.05, 0.1) is 12.3 Å². The van der Waals surface area contributed by atoms with Crippen LogP contribution in [0.4, 0.5) is 5.00 Å². The van der Waals surface area contributed by atoms with E-state index < -0.39 is 5.97 Å². The summed E-state index contributed by atoms with van der Waals surface area (Å²) in [6.45, 7) is 3.75. The van der Waals surface area contributed by atoms with Crippen molar-refractivity contribution in [3.63, 3.8) is 0 Å². The Bertz CT molecular complexity index is 1240. The molecule has 8 heteroatoms. The van der Waals surface area contributed by atoms with Crippen LogP contribution >= 0.6 is 22.9 Å². The lowest BCUT2D eigenvalue weighted by atomic mass is 10.0. The number of hydrogen-bond donors (Lipinski definition) is 1. The summed E-state index contributed by atoms with van der Waals surface area (Å²) < 4.78 is 6.98. The molecule has 0 aliphatic rings. The average Bonchev–Trinajstić information content (AvgIpc) is 3.28. The predicted octanol–water partition coefficient (Wildman–Crippen LogP) is 5.45. The van der Waals surface area contributed by atoms with Crippen LogP contribution in [-0.4, -0.2) is 27.9 Å². The molecule has 1 N–H and O–H groups in total. The highest BCUT2D eigenvalue weighted by Crippen LogP contribution is 2.37. The van der Waals surface area contributed by atoms with Crippen LogP contribution in [0.5, 0.6) is 0 Å². The van der Waals surface area contributed by atoms with Gasteiger partial charge in [-0.2, -0.15) is 0 Å². The maximum atomic E-state index is 13.1. The maximum Gasteiger partial charge on any atom is 0.341 e. The molecule has 4 aromatic rings. The third-order valence-electron chi connectivity index (χ3n) is 4.57. The third kappa shape index (κ3) is 3.69. The Morgan fingerprint density at radius 1 is 1.20 bits per heavy atom. The monoisotopic (exact) mass is 439 g/mol. The van der Waals surface area contributed by atoms with E-state index in [1.165, 1.54) is 11.3 Å². The van der Waals surface area contributed by atoms with Gasteiger partial charge in [0, 0.05) is 22.2 Å². The van der Waals surface area contributed by atoms with E-state index in [0.717, 1.165) is 5.56 Å². The quantitative estimate of drug-likeness (QED) is 0.419. The highest BCUT2D eigenvalue weighted by atomic mass is 35.5. The molecule has 1 amide bonds. The van der Waals surface area contributed by atoms with Crippen LogP contribution in [0.3, 0.4) is 0 Å². The number of aryl methyl sites for hydroxylation is 1. The summed E-state index contributed by atoms with van der Waals surface area (Å²) in [5.74, 6) is -0.838. The molecule has 0 saturated carbocycles. The Morgan fingerprint density at radius 2 is 1.97 bits per heavy atom. The van der Waals surface area contributed by atoms with Gasteiger partial charge in [0.15, 0.2) is 0 Å². The maximum absolute atomic E-state index is 13.1. The van der Waals surface area contributed by atoms with Crippen LogP contribution in [0, 0.1) is 6.92 Å². The van der Waals surface area contributed by atoms with Crippen LogP contribution in [0.15, 0.2) is 54.0 Å². The van der Waals surface area contributed by atoms with Gasteiger partial charge in [-0.25, -0.2) is 9.78 Å². The van der Waals surface area contributed by atoms with Crippen LogP contribution in [0.25, 0.3) is 16.8 Å². The number of halogens is 1. The first kappa shape index (κ1) is 20.1. The minimum absolute atomic E-state index is 0.231. The van der Waals surface area contributed by atoms with Crippen molar-refractivity contribution in [3.05, 3.63) is 76.0 Å². The topological polar surface area (TPSA) is 72.7 Å². The van der Waals surface area contributed by atoms with Crippen molar-refractivity contribution in [2.45, 2.75) is 13.8 Å². The van der Waals surface area contributed by atoms with Crippen LogP contribution in [0.1, 0.15) is 33.5 Å². The molecular formula is C22H18ClN3O3S. The number of carbonyl (C=O) groups is 2. The minimum atomic E-state index is -0.492. The molecule has 0 fully saturated rings. The van der Waals surface area contributed by atoms with E-state index in [9.17, 15) is 9.59 Å². The van der Waals surface area contributed by atoms with Crippen LogP contribution < -0.4 is 5.32 Å². The lowest BCUT2D eigenvalue weighted by molar-refractivity contribution is 0.0529. The molecule has 0 bridgehead atoms.